The van der Waals surface area contributed by atoms with Crippen LogP contribution in [0.2, 0.25) is 0 Å². The third-order valence-corrected chi connectivity index (χ3v) is 7.85. The molecule has 1 aliphatic rings. The normalized spacial score (nSPS) is 16.7. The molecule has 1 N–H and O–H groups in total. The highest BCUT2D eigenvalue weighted by Crippen LogP contribution is 2.42. The van der Waals surface area contributed by atoms with Gasteiger partial charge in [-0.05, 0) is 85.0 Å². The quantitative estimate of drug-likeness (QED) is 0.139. The molecular formula is C29H22N6O2S2. The fourth-order valence-corrected chi connectivity index (χ4v) is 5.92. The minimum atomic E-state index is -0.393. The molecule has 0 saturated carbocycles. The number of thiocarbonyl (C=S) groups is 1. The van der Waals surface area contributed by atoms with Crippen LogP contribution in [0.15, 0.2) is 126 Å². The van der Waals surface area contributed by atoms with Gasteiger partial charge in [-0.2, -0.15) is 0 Å². The van der Waals surface area contributed by atoms with E-state index in [1.165, 1.54) is 12.1 Å². The van der Waals surface area contributed by atoms with Crippen molar-refractivity contribution in [1.82, 2.24) is 19.9 Å². The first-order valence-corrected chi connectivity index (χ1v) is 13.4. The zero-order valence-corrected chi connectivity index (χ0v) is 22.1. The molecule has 0 radical (unpaired) electrons. The fourth-order valence-electron chi connectivity index (χ4n) is 4.76. The van der Waals surface area contributed by atoms with Gasteiger partial charge in [-0.25, -0.2) is 0 Å². The molecule has 0 amide bonds. The first kappa shape index (κ1) is 24.8. The van der Waals surface area contributed by atoms with Gasteiger partial charge < -0.3 is 14.8 Å². The van der Waals surface area contributed by atoms with Crippen LogP contribution in [0.3, 0.4) is 0 Å². The van der Waals surface area contributed by atoms with Crippen LogP contribution in [0.25, 0.3) is 5.69 Å². The van der Waals surface area contributed by atoms with Gasteiger partial charge in [-0.15, -0.1) is 0 Å². The summed E-state index contributed by atoms with van der Waals surface area (Å²) in [5.41, 5.74) is 4.01. The standard InChI is InChI=1S/C29H22N6O2S2/c36-35(37)22-8-12-24(13-9-22)39-23-10-6-21(7-11-23)34-28(27(32-29(34)38)25-4-1-2-16-31-25)26-5-3-19-33(26)20-14-17-30-18-15-20/h1-19,27-28H,(H,32,38)/t27-,28+/m0/s1. The number of benzene rings is 2. The van der Waals surface area contributed by atoms with E-state index in [1.54, 1.807) is 42.5 Å². The Labute approximate surface area is 234 Å². The zero-order chi connectivity index (χ0) is 26.8. The number of nitrogens with one attached hydrogen (secondary N) is 1. The second kappa shape index (κ2) is 10.7. The number of anilines is 1. The molecule has 5 aromatic rings. The molecule has 6 rings (SSSR count). The van der Waals surface area contributed by atoms with E-state index in [0.29, 0.717) is 5.11 Å². The van der Waals surface area contributed by atoms with Crippen molar-refractivity contribution in [2.75, 3.05) is 4.90 Å². The van der Waals surface area contributed by atoms with E-state index in [-0.39, 0.29) is 17.8 Å². The molecule has 0 bridgehead atoms. The zero-order valence-electron chi connectivity index (χ0n) is 20.5. The summed E-state index contributed by atoms with van der Waals surface area (Å²) in [4.78, 5) is 23.5. The Morgan fingerprint density at radius 2 is 1.56 bits per heavy atom. The maximum atomic E-state index is 11.0. The topological polar surface area (TPSA) is 89.1 Å². The third kappa shape index (κ3) is 4.99. The molecule has 2 atom stereocenters. The first-order valence-electron chi connectivity index (χ1n) is 12.2. The van der Waals surface area contributed by atoms with Crippen LogP contribution in [-0.4, -0.2) is 24.6 Å². The van der Waals surface area contributed by atoms with Crippen molar-refractivity contribution in [3.63, 3.8) is 0 Å². The molecule has 10 heteroatoms. The van der Waals surface area contributed by atoms with Gasteiger partial charge in [0.1, 0.15) is 6.04 Å². The number of nitro benzene ring substituents is 1. The predicted octanol–water partition coefficient (Wildman–Crippen LogP) is 6.50. The third-order valence-electron chi connectivity index (χ3n) is 6.52. The lowest BCUT2D eigenvalue weighted by atomic mass is 10.0. The Morgan fingerprint density at radius 3 is 2.23 bits per heavy atom. The molecule has 0 spiro atoms. The van der Waals surface area contributed by atoms with Crippen molar-refractivity contribution in [2.24, 2.45) is 0 Å². The van der Waals surface area contributed by atoms with Gasteiger partial charge in [0, 0.05) is 63.8 Å². The minimum absolute atomic E-state index is 0.0785. The van der Waals surface area contributed by atoms with Crippen LogP contribution < -0.4 is 10.2 Å². The molecule has 1 fully saturated rings. The molecule has 1 saturated heterocycles. The maximum absolute atomic E-state index is 11.0. The number of nitro groups is 1. The molecule has 0 unspecified atom stereocenters. The van der Waals surface area contributed by atoms with Crippen LogP contribution in [0.1, 0.15) is 23.5 Å². The summed E-state index contributed by atoms with van der Waals surface area (Å²) in [6.45, 7) is 0. The van der Waals surface area contributed by atoms with Gasteiger partial charge in [-0.3, -0.25) is 20.1 Å². The maximum Gasteiger partial charge on any atom is 0.269 e. The Hall–Kier alpha value is -4.54. The average molecular weight is 551 g/mol. The van der Waals surface area contributed by atoms with E-state index in [9.17, 15) is 10.1 Å². The fraction of sp³-hybridized carbons (Fsp3) is 0.0690. The number of non-ortho nitro benzene ring substituents is 1. The molecule has 0 aliphatic carbocycles. The average Bonchev–Trinajstić information content (AvgIpc) is 3.59. The van der Waals surface area contributed by atoms with Crippen molar-refractivity contribution in [3.8, 4) is 5.69 Å². The van der Waals surface area contributed by atoms with Crippen LogP contribution in [0.4, 0.5) is 11.4 Å². The second-order valence-electron chi connectivity index (χ2n) is 8.85. The van der Waals surface area contributed by atoms with Gasteiger partial charge in [0.15, 0.2) is 5.11 Å². The first-order chi connectivity index (χ1) is 19.1. The molecule has 4 heterocycles. The number of pyridine rings is 2. The Kier molecular flexibility index (Phi) is 6.78. The molecule has 192 valence electrons. The van der Waals surface area contributed by atoms with Crippen molar-refractivity contribution in [3.05, 3.63) is 137 Å². The van der Waals surface area contributed by atoms with Crippen LogP contribution in [0.5, 0.6) is 0 Å². The molecule has 8 nitrogen and oxygen atoms in total. The van der Waals surface area contributed by atoms with E-state index in [2.05, 4.69) is 43.0 Å². The smallest absolute Gasteiger partial charge is 0.269 e. The Bertz CT molecular complexity index is 1610. The minimum Gasteiger partial charge on any atom is -0.351 e. The monoisotopic (exact) mass is 550 g/mol. The van der Waals surface area contributed by atoms with E-state index >= 15 is 0 Å². The lowest BCUT2D eigenvalue weighted by molar-refractivity contribution is -0.384. The van der Waals surface area contributed by atoms with Crippen molar-refractivity contribution >= 4 is 40.5 Å². The van der Waals surface area contributed by atoms with Crippen LogP contribution in [-0.2, 0) is 0 Å². The molecule has 2 aromatic carbocycles. The van der Waals surface area contributed by atoms with E-state index in [1.807, 2.05) is 54.7 Å². The largest absolute Gasteiger partial charge is 0.351 e. The van der Waals surface area contributed by atoms with Gasteiger partial charge in [0.25, 0.3) is 5.69 Å². The highest BCUT2D eigenvalue weighted by atomic mass is 32.2. The lowest BCUT2D eigenvalue weighted by Gasteiger charge is -2.29. The highest BCUT2D eigenvalue weighted by molar-refractivity contribution is 7.99. The summed E-state index contributed by atoms with van der Waals surface area (Å²) in [6.07, 6.45) is 7.41. The van der Waals surface area contributed by atoms with E-state index in [0.717, 1.165) is 32.6 Å². The highest BCUT2D eigenvalue weighted by Gasteiger charge is 2.42. The number of rotatable bonds is 7. The summed E-state index contributed by atoms with van der Waals surface area (Å²) < 4.78 is 2.16. The van der Waals surface area contributed by atoms with Crippen molar-refractivity contribution in [1.29, 1.82) is 0 Å². The molecule has 3 aromatic heterocycles. The van der Waals surface area contributed by atoms with Crippen molar-refractivity contribution < 1.29 is 4.92 Å². The summed E-state index contributed by atoms with van der Waals surface area (Å²) in [7, 11) is 0. The van der Waals surface area contributed by atoms with Gasteiger partial charge in [0.05, 0.1) is 16.7 Å². The van der Waals surface area contributed by atoms with Crippen LogP contribution >= 0.6 is 24.0 Å². The summed E-state index contributed by atoms with van der Waals surface area (Å²) >= 11 is 7.44. The number of hydrogen-bond donors (Lipinski definition) is 1. The predicted molar refractivity (Wildman–Crippen MR) is 155 cm³/mol. The number of hydrogen-bond acceptors (Lipinski definition) is 6. The second-order valence-corrected chi connectivity index (χ2v) is 10.4. The van der Waals surface area contributed by atoms with E-state index in [4.69, 9.17) is 12.2 Å². The molecular weight excluding hydrogens is 528 g/mol. The number of aromatic nitrogens is 3. The Morgan fingerprint density at radius 1 is 0.846 bits per heavy atom. The number of nitrogens with zero attached hydrogens (tertiary/aromatic N) is 5. The van der Waals surface area contributed by atoms with Gasteiger partial charge in [-0.1, -0.05) is 17.8 Å². The van der Waals surface area contributed by atoms with Crippen molar-refractivity contribution in [2.45, 2.75) is 21.9 Å². The van der Waals surface area contributed by atoms with Gasteiger partial charge in [0.2, 0.25) is 0 Å². The summed E-state index contributed by atoms with van der Waals surface area (Å²) in [5, 5.41) is 15.1. The Balaban J connectivity index is 1.35. The lowest BCUT2D eigenvalue weighted by Crippen LogP contribution is -2.30. The van der Waals surface area contributed by atoms with Crippen LogP contribution in [0, 0.1) is 10.1 Å². The molecule has 1 aliphatic heterocycles. The van der Waals surface area contributed by atoms with E-state index < -0.39 is 4.92 Å². The SMILES string of the molecule is O=[N+]([O-])c1ccc(Sc2ccc(N3C(=S)N[C@@H](c4ccccn4)[C@H]3c3cccn3-c3ccncc3)cc2)cc1. The van der Waals surface area contributed by atoms with Gasteiger partial charge >= 0.3 is 0 Å². The molecule has 39 heavy (non-hydrogen) atoms. The summed E-state index contributed by atoms with van der Waals surface area (Å²) in [6, 6.07) is 28.4. The summed E-state index contributed by atoms with van der Waals surface area (Å²) in [5.74, 6) is 0.